The van der Waals surface area contributed by atoms with Crippen LogP contribution in [0.3, 0.4) is 0 Å². The van der Waals surface area contributed by atoms with Crippen LogP contribution in [0, 0.1) is 11.3 Å². The molecule has 7 heteroatoms. The molecular weight excluding hydrogens is 382 g/mol. The Morgan fingerprint density at radius 1 is 1.37 bits per heavy atom. The zero-order chi connectivity index (χ0) is 19.2. The van der Waals surface area contributed by atoms with Crippen LogP contribution in [0.4, 0.5) is 0 Å². The van der Waals surface area contributed by atoms with E-state index >= 15 is 0 Å². The van der Waals surface area contributed by atoms with Crippen molar-refractivity contribution in [2.24, 2.45) is 0 Å². The molecule has 0 bridgehead atoms. The van der Waals surface area contributed by atoms with Gasteiger partial charge in [-0.15, -0.1) is 0 Å². The van der Waals surface area contributed by atoms with Crippen molar-refractivity contribution >= 4 is 29.3 Å². The number of nitrogens with one attached hydrogen (secondary N) is 1. The summed E-state index contributed by atoms with van der Waals surface area (Å²) >= 11 is 7.31. The average Bonchev–Trinajstić information content (AvgIpc) is 2.70. The van der Waals surface area contributed by atoms with E-state index in [4.69, 9.17) is 16.3 Å². The Labute approximate surface area is 168 Å². The summed E-state index contributed by atoms with van der Waals surface area (Å²) in [6, 6.07) is 9.42. The van der Waals surface area contributed by atoms with E-state index in [-0.39, 0.29) is 11.7 Å². The lowest BCUT2D eigenvalue weighted by molar-refractivity contribution is -0.118. The number of amides is 1. The van der Waals surface area contributed by atoms with Crippen molar-refractivity contribution in [3.63, 3.8) is 0 Å². The molecule has 0 atom stereocenters. The van der Waals surface area contributed by atoms with Gasteiger partial charge >= 0.3 is 0 Å². The van der Waals surface area contributed by atoms with Gasteiger partial charge in [-0.05, 0) is 55.5 Å². The second kappa shape index (κ2) is 9.12. The molecule has 0 fully saturated rings. The van der Waals surface area contributed by atoms with E-state index < -0.39 is 0 Å². The summed E-state index contributed by atoms with van der Waals surface area (Å²) in [7, 11) is 1.58. The number of benzene rings is 1. The molecule has 1 heterocycles. The maximum atomic E-state index is 12.2. The fourth-order valence-electron chi connectivity index (χ4n) is 3.07. The molecular formula is C20H20ClN3O2S. The van der Waals surface area contributed by atoms with Crippen molar-refractivity contribution in [2.45, 2.75) is 37.3 Å². The van der Waals surface area contributed by atoms with Crippen LogP contribution in [0.2, 0.25) is 5.02 Å². The number of rotatable bonds is 6. The van der Waals surface area contributed by atoms with Gasteiger partial charge in [-0.2, -0.15) is 5.26 Å². The Hall–Kier alpha value is -2.23. The number of hydrogen-bond acceptors (Lipinski definition) is 5. The van der Waals surface area contributed by atoms with Crippen LogP contribution in [-0.4, -0.2) is 23.8 Å². The lowest BCUT2D eigenvalue weighted by Gasteiger charge is -2.16. The summed E-state index contributed by atoms with van der Waals surface area (Å²) in [5.41, 5.74) is 3.59. The molecule has 1 aromatic carbocycles. The third-order valence-electron chi connectivity index (χ3n) is 4.44. The number of fused-ring (bicyclic) bond motifs is 1. The quantitative estimate of drug-likeness (QED) is 0.743. The fourth-order valence-corrected chi connectivity index (χ4v) is 4.07. The van der Waals surface area contributed by atoms with E-state index in [1.165, 1.54) is 17.3 Å². The first-order valence-corrected chi connectivity index (χ1v) is 10.1. The minimum atomic E-state index is -0.134. The first-order chi connectivity index (χ1) is 13.1. The second-order valence-corrected chi connectivity index (χ2v) is 7.69. The van der Waals surface area contributed by atoms with Gasteiger partial charge in [-0.1, -0.05) is 23.4 Å². The van der Waals surface area contributed by atoms with Crippen molar-refractivity contribution in [3.8, 4) is 11.8 Å². The van der Waals surface area contributed by atoms with Gasteiger partial charge in [0.1, 0.15) is 16.8 Å². The van der Waals surface area contributed by atoms with Crippen LogP contribution in [0.25, 0.3) is 0 Å². The van der Waals surface area contributed by atoms with Crippen LogP contribution in [0.15, 0.2) is 29.3 Å². The Bertz CT molecular complexity index is 896. The minimum absolute atomic E-state index is 0.134. The molecule has 0 radical (unpaired) electrons. The average molecular weight is 402 g/mol. The molecule has 5 nitrogen and oxygen atoms in total. The number of nitrogens with zero attached hydrogens (tertiary/aromatic N) is 2. The molecule has 0 saturated heterocycles. The van der Waals surface area contributed by atoms with E-state index in [0.29, 0.717) is 27.9 Å². The molecule has 0 unspecified atom stereocenters. The Morgan fingerprint density at radius 3 is 2.96 bits per heavy atom. The van der Waals surface area contributed by atoms with Crippen molar-refractivity contribution < 1.29 is 9.53 Å². The monoisotopic (exact) mass is 401 g/mol. The molecule has 0 saturated carbocycles. The number of ether oxygens (including phenoxy) is 1. The summed E-state index contributed by atoms with van der Waals surface area (Å²) in [6.07, 6.45) is 4.18. The summed E-state index contributed by atoms with van der Waals surface area (Å²) < 4.78 is 5.28. The Kier molecular flexibility index (Phi) is 6.59. The van der Waals surface area contributed by atoms with Gasteiger partial charge in [-0.3, -0.25) is 4.79 Å². The van der Waals surface area contributed by atoms with Crippen LogP contribution >= 0.6 is 23.4 Å². The van der Waals surface area contributed by atoms with Gasteiger partial charge in [0, 0.05) is 22.8 Å². The normalized spacial score (nSPS) is 12.8. The molecule has 1 amide bonds. The molecule has 1 N–H and O–H groups in total. The lowest BCUT2D eigenvalue weighted by atomic mass is 9.95. The van der Waals surface area contributed by atoms with E-state index in [2.05, 4.69) is 16.4 Å². The van der Waals surface area contributed by atoms with Gasteiger partial charge in [0.25, 0.3) is 0 Å². The van der Waals surface area contributed by atoms with Crippen LogP contribution in [0.1, 0.15) is 35.2 Å². The Morgan fingerprint density at radius 2 is 2.19 bits per heavy atom. The Balaban J connectivity index is 1.61. The van der Waals surface area contributed by atoms with Gasteiger partial charge in [-0.25, -0.2) is 4.98 Å². The highest BCUT2D eigenvalue weighted by molar-refractivity contribution is 8.00. The third kappa shape index (κ3) is 4.94. The molecule has 1 aromatic heterocycles. The molecule has 2 aromatic rings. The number of methoxy groups -OCH3 is 1. The van der Waals surface area contributed by atoms with E-state index in [9.17, 15) is 10.1 Å². The highest BCUT2D eigenvalue weighted by Gasteiger charge is 2.16. The van der Waals surface area contributed by atoms with Crippen LogP contribution in [-0.2, 0) is 24.2 Å². The number of nitriles is 1. The SMILES string of the molecule is COc1ccc(Cl)cc1CNC(=O)CSc1nc2c(cc1C#N)CCCC2. The molecule has 1 aliphatic rings. The van der Waals surface area contributed by atoms with E-state index in [1.54, 1.807) is 25.3 Å². The molecule has 0 aliphatic heterocycles. The number of thioether (sulfide) groups is 1. The second-order valence-electron chi connectivity index (χ2n) is 6.29. The van der Waals surface area contributed by atoms with Gasteiger partial charge < -0.3 is 10.1 Å². The highest BCUT2D eigenvalue weighted by atomic mass is 35.5. The topological polar surface area (TPSA) is 75.0 Å². The lowest BCUT2D eigenvalue weighted by Crippen LogP contribution is -2.25. The molecule has 3 rings (SSSR count). The number of carbonyl (C=O) groups excluding carboxylic acids is 1. The van der Waals surface area contributed by atoms with Crippen molar-refractivity contribution in [1.82, 2.24) is 10.3 Å². The third-order valence-corrected chi connectivity index (χ3v) is 5.67. The first kappa shape index (κ1) is 19.5. The van der Waals surface area contributed by atoms with E-state index in [1.807, 2.05) is 6.07 Å². The number of halogens is 1. The van der Waals surface area contributed by atoms with Crippen molar-refractivity contribution in [2.75, 3.05) is 12.9 Å². The molecule has 140 valence electrons. The number of hydrogen-bond donors (Lipinski definition) is 1. The molecule has 0 spiro atoms. The van der Waals surface area contributed by atoms with Gasteiger partial charge in [0.05, 0.1) is 18.4 Å². The van der Waals surface area contributed by atoms with Crippen molar-refractivity contribution in [3.05, 3.63) is 51.7 Å². The largest absolute Gasteiger partial charge is 0.496 e. The zero-order valence-corrected chi connectivity index (χ0v) is 16.6. The number of aryl methyl sites for hydroxylation is 2. The van der Waals surface area contributed by atoms with Crippen LogP contribution < -0.4 is 10.1 Å². The smallest absolute Gasteiger partial charge is 0.230 e. The fraction of sp³-hybridized carbons (Fsp3) is 0.350. The standard InChI is InChI=1S/C20H20ClN3O2S/c1-26-18-7-6-16(21)9-15(18)11-23-19(25)12-27-20-14(10-22)8-13-4-2-3-5-17(13)24-20/h6-9H,2-5,11-12H2,1H3,(H,23,25). The maximum Gasteiger partial charge on any atom is 0.230 e. The van der Waals surface area contributed by atoms with E-state index in [0.717, 1.165) is 36.9 Å². The summed E-state index contributed by atoms with van der Waals surface area (Å²) in [6.45, 7) is 0.325. The summed E-state index contributed by atoms with van der Waals surface area (Å²) in [4.78, 5) is 16.9. The predicted molar refractivity (Wildman–Crippen MR) is 106 cm³/mol. The molecule has 1 aliphatic carbocycles. The molecule has 27 heavy (non-hydrogen) atoms. The predicted octanol–water partition coefficient (Wildman–Crippen LogP) is 3.90. The summed E-state index contributed by atoms with van der Waals surface area (Å²) in [5, 5.41) is 13.5. The minimum Gasteiger partial charge on any atom is -0.496 e. The number of pyridine rings is 1. The zero-order valence-electron chi connectivity index (χ0n) is 15.0. The van der Waals surface area contributed by atoms with Gasteiger partial charge in [0.2, 0.25) is 5.91 Å². The highest BCUT2D eigenvalue weighted by Crippen LogP contribution is 2.27. The maximum absolute atomic E-state index is 12.2. The first-order valence-electron chi connectivity index (χ1n) is 8.75. The van der Waals surface area contributed by atoms with Gasteiger partial charge in [0.15, 0.2) is 0 Å². The number of carbonyl (C=O) groups is 1. The van der Waals surface area contributed by atoms with Crippen molar-refractivity contribution in [1.29, 1.82) is 5.26 Å². The summed E-state index contributed by atoms with van der Waals surface area (Å²) in [5.74, 6) is 0.740. The van der Waals surface area contributed by atoms with Crippen LogP contribution in [0.5, 0.6) is 5.75 Å². The number of aromatic nitrogens is 1.